The molecular formula is C16H16N2O2. The minimum atomic E-state index is -0.114. The molecule has 1 amide bonds. The number of carbonyl (C=O) groups excluding carboxylic acids is 1. The van der Waals surface area contributed by atoms with Crippen LogP contribution in [-0.4, -0.2) is 23.5 Å². The van der Waals surface area contributed by atoms with Crippen molar-refractivity contribution in [1.82, 2.24) is 10.3 Å². The van der Waals surface area contributed by atoms with Crippen LogP contribution in [0.3, 0.4) is 0 Å². The smallest absolute Gasteiger partial charge is 0.252 e. The second-order valence-corrected chi connectivity index (χ2v) is 4.95. The van der Waals surface area contributed by atoms with Crippen LogP contribution in [0.2, 0.25) is 0 Å². The summed E-state index contributed by atoms with van der Waals surface area (Å²) < 4.78 is 5.78. The molecule has 0 bridgehead atoms. The number of ether oxygens (including phenoxy) is 1. The van der Waals surface area contributed by atoms with Gasteiger partial charge in [0.25, 0.3) is 5.91 Å². The maximum absolute atomic E-state index is 12.0. The van der Waals surface area contributed by atoms with Crippen molar-refractivity contribution in [3.05, 3.63) is 59.4 Å². The summed E-state index contributed by atoms with van der Waals surface area (Å²) >= 11 is 0. The molecule has 1 aliphatic heterocycles. The van der Waals surface area contributed by atoms with Crippen LogP contribution in [0.25, 0.3) is 0 Å². The van der Waals surface area contributed by atoms with Crippen LogP contribution < -0.4 is 10.1 Å². The predicted molar refractivity (Wildman–Crippen MR) is 75.9 cm³/mol. The molecule has 1 N–H and O–H groups in total. The molecular weight excluding hydrogens is 252 g/mol. The molecule has 0 radical (unpaired) electrons. The highest BCUT2D eigenvalue weighted by molar-refractivity contribution is 5.93. The molecule has 0 spiro atoms. The largest absolute Gasteiger partial charge is 0.488 e. The number of nitrogens with zero attached hydrogens (tertiary/aromatic N) is 1. The van der Waals surface area contributed by atoms with Gasteiger partial charge in [-0.3, -0.25) is 9.78 Å². The molecule has 0 fully saturated rings. The molecule has 0 aliphatic carbocycles. The Balaban J connectivity index is 1.56. The molecule has 0 unspecified atom stereocenters. The topological polar surface area (TPSA) is 51.2 Å². The summed E-state index contributed by atoms with van der Waals surface area (Å²) in [6.07, 6.45) is 2.44. The Morgan fingerprint density at radius 1 is 1.35 bits per heavy atom. The van der Waals surface area contributed by atoms with Gasteiger partial charge in [-0.2, -0.15) is 0 Å². The summed E-state index contributed by atoms with van der Waals surface area (Å²) in [5, 5.41) is 2.89. The quantitative estimate of drug-likeness (QED) is 0.927. The van der Waals surface area contributed by atoms with E-state index in [4.69, 9.17) is 4.74 Å². The Morgan fingerprint density at radius 3 is 2.95 bits per heavy atom. The van der Waals surface area contributed by atoms with Gasteiger partial charge < -0.3 is 10.1 Å². The Kier molecular flexibility index (Phi) is 3.37. The summed E-state index contributed by atoms with van der Waals surface area (Å²) in [4.78, 5) is 16.1. The number of benzene rings is 1. The number of hydrogen-bond acceptors (Lipinski definition) is 3. The highest BCUT2D eigenvalue weighted by atomic mass is 16.5. The molecule has 4 nitrogen and oxygen atoms in total. The van der Waals surface area contributed by atoms with Crippen LogP contribution in [0.4, 0.5) is 0 Å². The lowest BCUT2D eigenvalue weighted by Crippen LogP contribution is -2.34. The predicted octanol–water partition coefficient (Wildman–Crippen LogP) is 2.12. The average Bonchev–Trinajstić information content (AvgIpc) is 2.88. The molecule has 2 heterocycles. The van der Waals surface area contributed by atoms with E-state index >= 15 is 0 Å². The number of rotatable bonds is 3. The van der Waals surface area contributed by atoms with Gasteiger partial charge in [0.1, 0.15) is 11.9 Å². The van der Waals surface area contributed by atoms with E-state index in [0.717, 1.165) is 17.9 Å². The lowest BCUT2D eigenvalue weighted by Gasteiger charge is -2.11. The van der Waals surface area contributed by atoms with E-state index in [1.807, 2.05) is 31.2 Å². The van der Waals surface area contributed by atoms with E-state index in [-0.39, 0.29) is 12.0 Å². The summed E-state index contributed by atoms with van der Waals surface area (Å²) in [6, 6.07) is 11.6. The van der Waals surface area contributed by atoms with E-state index in [1.165, 1.54) is 5.56 Å². The van der Waals surface area contributed by atoms with Crippen LogP contribution in [0.5, 0.6) is 5.75 Å². The fourth-order valence-corrected chi connectivity index (χ4v) is 2.28. The zero-order chi connectivity index (χ0) is 13.9. The number of pyridine rings is 1. The SMILES string of the molecule is Cc1ccc(C(=O)NC[C@H]2Cc3ccccc3O2)cn1. The molecule has 3 rings (SSSR count). The number of nitrogens with one attached hydrogen (secondary N) is 1. The minimum absolute atomic E-state index is 0.00903. The van der Waals surface area contributed by atoms with E-state index in [2.05, 4.69) is 16.4 Å². The van der Waals surface area contributed by atoms with Crippen LogP contribution in [0, 0.1) is 6.92 Å². The minimum Gasteiger partial charge on any atom is -0.488 e. The molecule has 0 saturated heterocycles. The summed E-state index contributed by atoms with van der Waals surface area (Å²) in [7, 11) is 0. The van der Waals surface area contributed by atoms with Crippen LogP contribution in [0.1, 0.15) is 21.6 Å². The molecule has 0 saturated carbocycles. The highest BCUT2D eigenvalue weighted by Gasteiger charge is 2.22. The van der Waals surface area contributed by atoms with Crippen molar-refractivity contribution in [2.45, 2.75) is 19.4 Å². The fraction of sp³-hybridized carbons (Fsp3) is 0.250. The lowest BCUT2D eigenvalue weighted by molar-refractivity contribution is 0.0933. The number of fused-ring (bicyclic) bond motifs is 1. The zero-order valence-electron chi connectivity index (χ0n) is 11.3. The van der Waals surface area contributed by atoms with Crippen molar-refractivity contribution in [2.75, 3.05) is 6.54 Å². The van der Waals surface area contributed by atoms with Gasteiger partial charge >= 0.3 is 0 Å². The van der Waals surface area contributed by atoms with Gasteiger partial charge in [-0.1, -0.05) is 18.2 Å². The molecule has 1 aliphatic rings. The third-order valence-electron chi connectivity index (χ3n) is 3.38. The van der Waals surface area contributed by atoms with Crippen LogP contribution >= 0.6 is 0 Å². The summed E-state index contributed by atoms with van der Waals surface area (Å²) in [5.41, 5.74) is 2.67. The summed E-state index contributed by atoms with van der Waals surface area (Å²) in [5.74, 6) is 0.806. The number of aryl methyl sites for hydroxylation is 1. The van der Waals surface area contributed by atoms with Crippen LogP contribution in [-0.2, 0) is 6.42 Å². The summed E-state index contributed by atoms with van der Waals surface area (Å²) in [6.45, 7) is 2.40. The first-order valence-electron chi connectivity index (χ1n) is 6.68. The van der Waals surface area contributed by atoms with Crippen molar-refractivity contribution in [2.24, 2.45) is 0 Å². The van der Waals surface area contributed by atoms with Gasteiger partial charge in [-0.05, 0) is 30.7 Å². The maximum atomic E-state index is 12.0. The van der Waals surface area contributed by atoms with E-state index in [0.29, 0.717) is 12.1 Å². The van der Waals surface area contributed by atoms with Gasteiger partial charge in [0, 0.05) is 18.3 Å². The zero-order valence-corrected chi connectivity index (χ0v) is 11.3. The number of para-hydroxylation sites is 1. The van der Waals surface area contributed by atoms with Gasteiger partial charge in [0.15, 0.2) is 0 Å². The molecule has 20 heavy (non-hydrogen) atoms. The Hall–Kier alpha value is -2.36. The Bertz CT molecular complexity index is 598. The number of carbonyl (C=O) groups is 1. The van der Waals surface area contributed by atoms with Crippen molar-refractivity contribution in [3.63, 3.8) is 0 Å². The van der Waals surface area contributed by atoms with Gasteiger partial charge in [0.2, 0.25) is 0 Å². The van der Waals surface area contributed by atoms with Crippen molar-refractivity contribution in [1.29, 1.82) is 0 Å². The third kappa shape index (κ3) is 2.64. The van der Waals surface area contributed by atoms with E-state index in [1.54, 1.807) is 12.3 Å². The molecule has 1 aromatic carbocycles. The normalized spacial score (nSPS) is 16.4. The van der Waals surface area contributed by atoms with Crippen molar-refractivity contribution >= 4 is 5.91 Å². The first-order valence-corrected chi connectivity index (χ1v) is 6.68. The second-order valence-electron chi connectivity index (χ2n) is 4.95. The number of hydrogen-bond donors (Lipinski definition) is 1. The van der Waals surface area contributed by atoms with Crippen molar-refractivity contribution in [3.8, 4) is 5.75 Å². The fourth-order valence-electron chi connectivity index (χ4n) is 2.28. The average molecular weight is 268 g/mol. The number of amides is 1. The number of aromatic nitrogens is 1. The first-order chi connectivity index (χ1) is 9.72. The molecule has 1 aromatic heterocycles. The lowest BCUT2D eigenvalue weighted by atomic mass is 10.1. The first kappa shape index (κ1) is 12.7. The molecule has 4 heteroatoms. The van der Waals surface area contributed by atoms with Gasteiger partial charge in [-0.25, -0.2) is 0 Å². The standard InChI is InChI=1S/C16H16N2O2/c1-11-6-7-13(9-17-11)16(19)18-10-14-8-12-4-2-3-5-15(12)20-14/h2-7,9,14H,8,10H2,1H3,(H,18,19)/t14-/m1/s1. The van der Waals surface area contributed by atoms with Crippen LogP contribution in [0.15, 0.2) is 42.6 Å². The third-order valence-corrected chi connectivity index (χ3v) is 3.38. The second kappa shape index (κ2) is 5.33. The maximum Gasteiger partial charge on any atom is 0.252 e. The Morgan fingerprint density at radius 2 is 2.20 bits per heavy atom. The van der Waals surface area contributed by atoms with E-state index in [9.17, 15) is 4.79 Å². The van der Waals surface area contributed by atoms with Crippen molar-refractivity contribution < 1.29 is 9.53 Å². The van der Waals surface area contributed by atoms with Gasteiger partial charge in [-0.15, -0.1) is 0 Å². The molecule has 2 aromatic rings. The molecule has 1 atom stereocenters. The highest BCUT2D eigenvalue weighted by Crippen LogP contribution is 2.27. The molecule has 102 valence electrons. The monoisotopic (exact) mass is 268 g/mol. The van der Waals surface area contributed by atoms with E-state index < -0.39 is 0 Å². The Labute approximate surface area is 117 Å². The van der Waals surface area contributed by atoms with Gasteiger partial charge in [0.05, 0.1) is 12.1 Å².